The van der Waals surface area contributed by atoms with Crippen molar-refractivity contribution >= 4 is 17.8 Å². The lowest BCUT2D eigenvalue weighted by molar-refractivity contribution is -0.155. The molecule has 7 nitrogen and oxygen atoms in total. The van der Waals surface area contributed by atoms with Crippen LogP contribution in [0.15, 0.2) is 0 Å². The summed E-state index contributed by atoms with van der Waals surface area (Å²) in [5, 5.41) is 8.83. The van der Waals surface area contributed by atoms with Crippen molar-refractivity contribution < 1.29 is 24.2 Å². The van der Waals surface area contributed by atoms with Crippen molar-refractivity contribution in [1.29, 1.82) is 0 Å². The molecule has 20 heavy (non-hydrogen) atoms. The number of likely N-dealkylation sites (tertiary alicyclic amines) is 1. The number of nitrogens with zero attached hydrogens (tertiary/aromatic N) is 2. The lowest BCUT2D eigenvalue weighted by atomic mass is 10.2. The van der Waals surface area contributed by atoms with Gasteiger partial charge in [-0.1, -0.05) is 0 Å². The van der Waals surface area contributed by atoms with Gasteiger partial charge < -0.3 is 19.6 Å². The summed E-state index contributed by atoms with van der Waals surface area (Å²) in [4.78, 5) is 37.9. The fraction of sp³-hybridized carbons (Fsp3) is 0.769. The van der Waals surface area contributed by atoms with Crippen LogP contribution in [0, 0.1) is 0 Å². The first-order valence-electron chi connectivity index (χ1n) is 6.90. The number of hydrogen-bond donors (Lipinski definition) is 1. The molecule has 7 heteroatoms. The van der Waals surface area contributed by atoms with Gasteiger partial charge in [-0.25, -0.2) is 4.79 Å². The molecule has 2 amide bonds. The molecule has 0 aromatic heterocycles. The van der Waals surface area contributed by atoms with Gasteiger partial charge in [0, 0.05) is 20.1 Å². The summed E-state index contributed by atoms with van der Waals surface area (Å²) in [5.74, 6) is -1.43. The van der Waals surface area contributed by atoms with Gasteiger partial charge in [0.1, 0.15) is 6.10 Å². The fourth-order valence-electron chi connectivity index (χ4n) is 2.59. The molecule has 0 radical (unpaired) electrons. The normalized spacial score (nSPS) is 25.8. The Labute approximate surface area is 117 Å². The second kappa shape index (κ2) is 6.21. The number of carboxylic acids is 1. The molecule has 0 bridgehead atoms. The Hall–Kier alpha value is -1.63. The molecule has 0 aliphatic carbocycles. The molecule has 2 aliphatic heterocycles. The van der Waals surface area contributed by atoms with Crippen molar-refractivity contribution in [3.8, 4) is 0 Å². The molecule has 2 atom stereocenters. The Balaban J connectivity index is 1.83. The largest absolute Gasteiger partial charge is 0.479 e. The van der Waals surface area contributed by atoms with Crippen molar-refractivity contribution in [2.45, 2.75) is 37.9 Å². The van der Waals surface area contributed by atoms with E-state index in [1.165, 1.54) is 4.90 Å². The average molecular weight is 284 g/mol. The van der Waals surface area contributed by atoms with Crippen molar-refractivity contribution in [3.63, 3.8) is 0 Å². The van der Waals surface area contributed by atoms with Crippen LogP contribution in [0.25, 0.3) is 0 Å². The van der Waals surface area contributed by atoms with Gasteiger partial charge in [-0.3, -0.25) is 9.59 Å². The van der Waals surface area contributed by atoms with Crippen molar-refractivity contribution in [3.05, 3.63) is 0 Å². The van der Waals surface area contributed by atoms with E-state index in [4.69, 9.17) is 9.84 Å². The second-order valence-corrected chi connectivity index (χ2v) is 5.31. The van der Waals surface area contributed by atoms with Gasteiger partial charge in [0.25, 0.3) is 5.91 Å². The SMILES string of the molecule is CN(CC(=O)N1CCCC1)C(=O)[C@@H]1CC[C@H](C(=O)O)O1. The minimum absolute atomic E-state index is 0.0242. The number of carbonyl (C=O) groups excluding carboxylic acids is 2. The molecule has 0 aromatic rings. The van der Waals surface area contributed by atoms with Crippen molar-refractivity contribution in [1.82, 2.24) is 9.80 Å². The first kappa shape index (κ1) is 14.8. The third-order valence-corrected chi connectivity index (χ3v) is 3.78. The van der Waals surface area contributed by atoms with Crippen LogP contribution in [-0.2, 0) is 19.1 Å². The zero-order chi connectivity index (χ0) is 14.7. The second-order valence-electron chi connectivity index (χ2n) is 5.31. The summed E-state index contributed by atoms with van der Waals surface area (Å²) < 4.78 is 5.20. The van der Waals surface area contributed by atoms with E-state index in [2.05, 4.69) is 0 Å². The summed E-state index contributed by atoms with van der Waals surface area (Å²) >= 11 is 0. The minimum atomic E-state index is -1.05. The van der Waals surface area contributed by atoms with Crippen LogP contribution in [-0.4, -0.2) is 71.6 Å². The number of carbonyl (C=O) groups is 3. The van der Waals surface area contributed by atoms with Gasteiger partial charge in [-0.15, -0.1) is 0 Å². The van der Waals surface area contributed by atoms with Gasteiger partial charge in [0.05, 0.1) is 6.54 Å². The molecule has 0 unspecified atom stereocenters. The smallest absolute Gasteiger partial charge is 0.332 e. The summed E-state index contributed by atoms with van der Waals surface area (Å²) in [7, 11) is 1.55. The first-order valence-corrected chi connectivity index (χ1v) is 6.90. The van der Waals surface area contributed by atoms with E-state index in [0.717, 1.165) is 25.9 Å². The monoisotopic (exact) mass is 284 g/mol. The molecule has 2 fully saturated rings. The number of hydrogen-bond acceptors (Lipinski definition) is 4. The van der Waals surface area contributed by atoms with E-state index in [0.29, 0.717) is 12.8 Å². The first-order chi connectivity index (χ1) is 9.49. The van der Waals surface area contributed by atoms with Gasteiger partial charge in [-0.05, 0) is 25.7 Å². The molecule has 112 valence electrons. The quantitative estimate of drug-likeness (QED) is 0.766. The predicted molar refractivity (Wildman–Crippen MR) is 69.0 cm³/mol. The van der Waals surface area contributed by atoms with E-state index in [1.807, 2.05) is 0 Å². The van der Waals surface area contributed by atoms with Crippen LogP contribution in [0.2, 0.25) is 0 Å². The maximum absolute atomic E-state index is 12.1. The third-order valence-electron chi connectivity index (χ3n) is 3.78. The molecule has 2 aliphatic rings. The Morgan fingerprint density at radius 3 is 2.35 bits per heavy atom. The Kier molecular flexibility index (Phi) is 4.59. The van der Waals surface area contributed by atoms with E-state index in [1.54, 1.807) is 11.9 Å². The Morgan fingerprint density at radius 2 is 1.80 bits per heavy atom. The van der Waals surface area contributed by atoms with Gasteiger partial charge in [0.15, 0.2) is 6.10 Å². The molecule has 0 saturated carbocycles. The molecule has 1 N–H and O–H groups in total. The molecule has 0 aromatic carbocycles. The summed E-state index contributed by atoms with van der Waals surface area (Å²) in [6.45, 7) is 1.53. The highest BCUT2D eigenvalue weighted by Crippen LogP contribution is 2.21. The maximum Gasteiger partial charge on any atom is 0.332 e. The highest BCUT2D eigenvalue weighted by Gasteiger charge is 2.36. The van der Waals surface area contributed by atoms with Gasteiger partial charge in [-0.2, -0.15) is 0 Å². The van der Waals surface area contributed by atoms with Crippen LogP contribution in [0.3, 0.4) is 0 Å². The highest BCUT2D eigenvalue weighted by molar-refractivity contribution is 5.87. The average Bonchev–Trinajstić information content (AvgIpc) is 3.08. The summed E-state index contributed by atoms with van der Waals surface area (Å²) in [5.41, 5.74) is 0. The van der Waals surface area contributed by atoms with E-state index >= 15 is 0 Å². The van der Waals surface area contributed by atoms with E-state index in [9.17, 15) is 14.4 Å². The summed E-state index contributed by atoms with van der Waals surface area (Å²) in [6, 6.07) is 0. The van der Waals surface area contributed by atoms with Crippen LogP contribution < -0.4 is 0 Å². The maximum atomic E-state index is 12.1. The predicted octanol–water partition coefficient (Wildman–Crippen LogP) is -0.301. The number of rotatable bonds is 4. The van der Waals surface area contributed by atoms with Crippen LogP contribution in [0.4, 0.5) is 0 Å². The number of ether oxygens (including phenoxy) is 1. The molecule has 2 heterocycles. The lowest BCUT2D eigenvalue weighted by Gasteiger charge is -2.23. The zero-order valence-corrected chi connectivity index (χ0v) is 11.6. The molecule has 2 rings (SSSR count). The van der Waals surface area contributed by atoms with Crippen LogP contribution in [0.1, 0.15) is 25.7 Å². The number of carboxylic acid groups (broad SMARTS) is 1. The topological polar surface area (TPSA) is 87.2 Å². The number of aliphatic carboxylic acids is 1. The Bertz CT molecular complexity index is 406. The molecular weight excluding hydrogens is 264 g/mol. The fourth-order valence-corrected chi connectivity index (χ4v) is 2.59. The number of likely N-dealkylation sites (N-methyl/N-ethyl adjacent to an activating group) is 1. The minimum Gasteiger partial charge on any atom is -0.479 e. The van der Waals surface area contributed by atoms with Gasteiger partial charge in [0.2, 0.25) is 5.91 Å². The third kappa shape index (κ3) is 3.27. The van der Waals surface area contributed by atoms with Crippen LogP contribution >= 0.6 is 0 Å². The van der Waals surface area contributed by atoms with E-state index in [-0.39, 0.29) is 18.4 Å². The van der Waals surface area contributed by atoms with Crippen LogP contribution in [0.5, 0.6) is 0 Å². The van der Waals surface area contributed by atoms with Crippen molar-refractivity contribution in [2.24, 2.45) is 0 Å². The molecule has 0 spiro atoms. The Morgan fingerprint density at radius 1 is 1.20 bits per heavy atom. The lowest BCUT2D eigenvalue weighted by Crippen LogP contribution is -2.43. The zero-order valence-electron chi connectivity index (χ0n) is 11.6. The van der Waals surface area contributed by atoms with E-state index < -0.39 is 18.2 Å². The van der Waals surface area contributed by atoms with Gasteiger partial charge >= 0.3 is 5.97 Å². The standard InChI is InChI=1S/C13H20N2O5/c1-14(8-11(16)15-6-2-3-7-15)12(17)9-4-5-10(20-9)13(18)19/h9-10H,2-8H2,1H3,(H,18,19)/t9-,10+/m0/s1. The molecule has 2 saturated heterocycles. The van der Waals surface area contributed by atoms with Crippen molar-refractivity contribution in [2.75, 3.05) is 26.7 Å². The molecular formula is C13H20N2O5. The summed E-state index contributed by atoms with van der Waals surface area (Å²) in [6.07, 6.45) is 1.09. The number of amides is 2. The highest BCUT2D eigenvalue weighted by atomic mass is 16.5.